The number of carbonyl (C=O) groups is 4. The number of rotatable bonds is 9. The molecule has 0 spiro atoms. The van der Waals surface area contributed by atoms with E-state index in [0.717, 1.165) is 38.5 Å². The number of nitrogens with zero attached hydrogens (tertiary/aromatic N) is 6. The van der Waals surface area contributed by atoms with E-state index in [4.69, 9.17) is 15.7 Å². The molecule has 2 aliphatic rings. The molecule has 0 saturated carbocycles. The highest BCUT2D eigenvalue weighted by Gasteiger charge is 2.54. The van der Waals surface area contributed by atoms with Crippen LogP contribution in [0.25, 0.3) is 5.78 Å². The van der Waals surface area contributed by atoms with Crippen LogP contribution in [0.15, 0.2) is 37.8 Å². The predicted octanol–water partition coefficient (Wildman–Crippen LogP) is -0.964. The third-order valence-corrected chi connectivity index (χ3v) is 8.69. The van der Waals surface area contributed by atoms with Crippen LogP contribution in [-0.2, 0) is 19.2 Å². The number of H-pyrrole nitrogens is 1. The van der Waals surface area contributed by atoms with Crippen LogP contribution < -0.4 is 16.6 Å². The van der Waals surface area contributed by atoms with Crippen molar-refractivity contribution in [1.82, 2.24) is 34.8 Å². The number of nitrogens with one attached hydrogen (secondary N) is 2. The Balaban J connectivity index is 1.33. The highest BCUT2D eigenvalue weighted by Crippen LogP contribution is 2.41. The van der Waals surface area contributed by atoms with E-state index >= 15 is 0 Å². The maximum atomic E-state index is 13.0. The van der Waals surface area contributed by atoms with Gasteiger partial charge >= 0.3 is 11.9 Å². The number of β-lactam (4-membered cyclic amide) rings is 1. The average molecular weight is 608 g/mol. The maximum Gasteiger partial charge on any atom is 0.354 e. The normalized spacial score (nSPS) is 18.9. The van der Waals surface area contributed by atoms with Gasteiger partial charge in [-0.1, -0.05) is 16.9 Å². The standard InChI is InChI=1S/C20H17N9O8S3/c1-37-27-10(8-5-39-18(21)22-8)13(31)24-11-14(32)29-12(17(35)36)6(3-38-15(11)29)4-40-20-26-25-19-23-7(16(33)34)2-9(30)28(19)20/h2,5,11,15H,3-4H2,1H3,(H2,21,22)(H,23,25)(H,24,31)(H,33,34)(H,35,36)/t11-,15-/m1/s1. The molecule has 208 valence electrons. The number of carbonyl (C=O) groups excluding carboxylic acids is 2. The Bertz CT molecular complexity index is 1690. The summed E-state index contributed by atoms with van der Waals surface area (Å²) in [5.41, 5.74) is 4.61. The van der Waals surface area contributed by atoms with Crippen molar-refractivity contribution >= 4 is 75.2 Å². The van der Waals surface area contributed by atoms with Gasteiger partial charge in [-0.2, -0.15) is 0 Å². The summed E-state index contributed by atoms with van der Waals surface area (Å²) >= 11 is 3.34. The summed E-state index contributed by atoms with van der Waals surface area (Å²) in [6, 6.07) is -0.181. The molecule has 2 amide bonds. The topological polar surface area (TPSA) is 248 Å². The van der Waals surface area contributed by atoms with E-state index in [1.807, 2.05) is 0 Å². The van der Waals surface area contributed by atoms with E-state index in [-0.39, 0.29) is 44.7 Å². The van der Waals surface area contributed by atoms with Crippen LogP contribution >= 0.6 is 34.9 Å². The van der Waals surface area contributed by atoms with Crippen LogP contribution in [0.1, 0.15) is 16.2 Å². The average Bonchev–Trinajstić information content (AvgIpc) is 3.54. The second-order valence-corrected chi connectivity index (χ2v) is 11.0. The molecule has 0 bridgehead atoms. The van der Waals surface area contributed by atoms with Gasteiger partial charge in [0.1, 0.15) is 29.9 Å². The number of aromatic amines is 1. The third-order valence-electron chi connectivity index (χ3n) is 5.65. The van der Waals surface area contributed by atoms with E-state index in [1.54, 1.807) is 0 Å². The minimum Gasteiger partial charge on any atom is -0.477 e. The number of hydrogen-bond acceptors (Lipinski definition) is 14. The van der Waals surface area contributed by atoms with E-state index in [1.165, 1.54) is 24.3 Å². The fraction of sp³-hybridized carbons (Fsp3) is 0.250. The van der Waals surface area contributed by atoms with Gasteiger partial charge in [-0.25, -0.2) is 29.1 Å². The number of nitrogen functional groups attached to an aromatic ring is 1. The molecule has 40 heavy (non-hydrogen) atoms. The highest BCUT2D eigenvalue weighted by molar-refractivity contribution is 8.01. The number of aliphatic carboxylic acids is 1. The molecule has 2 aliphatic heterocycles. The van der Waals surface area contributed by atoms with Crippen LogP contribution in [0.3, 0.4) is 0 Å². The fourth-order valence-electron chi connectivity index (χ4n) is 3.94. The Kier molecular flexibility index (Phi) is 7.21. The molecule has 0 unspecified atom stereocenters. The molecule has 5 heterocycles. The Labute approximate surface area is 234 Å². The Morgan fingerprint density at radius 1 is 1.27 bits per heavy atom. The Morgan fingerprint density at radius 2 is 2.05 bits per heavy atom. The molecule has 5 rings (SSSR count). The monoisotopic (exact) mass is 607 g/mol. The molecule has 6 N–H and O–H groups in total. The first kappa shape index (κ1) is 27.1. The second kappa shape index (κ2) is 10.6. The van der Waals surface area contributed by atoms with E-state index in [0.29, 0.717) is 5.57 Å². The smallest absolute Gasteiger partial charge is 0.354 e. The van der Waals surface area contributed by atoms with Crippen LogP contribution in [0.2, 0.25) is 0 Å². The SMILES string of the molecule is CON=C(C(=O)N[C@@H]1C(=O)N2C(C(=O)O)=C(CSc3n[nH]c4nc(C(=O)O)cc(=O)n34)CS[C@H]12)c1csc(N)n1. The van der Waals surface area contributed by atoms with Gasteiger partial charge in [-0.15, -0.1) is 28.2 Å². The predicted molar refractivity (Wildman–Crippen MR) is 141 cm³/mol. The Hall–Kier alpha value is -4.43. The number of carboxylic acid groups (broad SMARTS) is 2. The zero-order valence-electron chi connectivity index (χ0n) is 20.1. The van der Waals surface area contributed by atoms with Gasteiger partial charge in [0.05, 0.1) is 0 Å². The number of amides is 2. The van der Waals surface area contributed by atoms with Gasteiger partial charge in [0, 0.05) is 23.0 Å². The number of hydrogen-bond donors (Lipinski definition) is 5. The van der Waals surface area contributed by atoms with Gasteiger partial charge in [0.2, 0.25) is 5.78 Å². The minimum atomic E-state index is -1.38. The largest absolute Gasteiger partial charge is 0.477 e. The molecule has 0 radical (unpaired) electrons. The zero-order valence-corrected chi connectivity index (χ0v) is 22.5. The summed E-state index contributed by atoms with van der Waals surface area (Å²) in [7, 11) is 1.24. The molecular weight excluding hydrogens is 590 g/mol. The van der Waals surface area contributed by atoms with Gasteiger partial charge < -0.3 is 26.1 Å². The van der Waals surface area contributed by atoms with Crippen LogP contribution in [0.5, 0.6) is 0 Å². The lowest BCUT2D eigenvalue weighted by Crippen LogP contribution is -2.71. The number of thioether (sulfide) groups is 2. The number of anilines is 1. The van der Waals surface area contributed by atoms with Crippen molar-refractivity contribution in [2.75, 3.05) is 24.3 Å². The summed E-state index contributed by atoms with van der Waals surface area (Å²) in [6.07, 6.45) is 0. The minimum absolute atomic E-state index is 0.0468. The summed E-state index contributed by atoms with van der Waals surface area (Å²) < 4.78 is 1.06. The first-order valence-corrected chi connectivity index (χ1v) is 13.9. The first-order chi connectivity index (χ1) is 19.1. The number of fused-ring (bicyclic) bond motifs is 2. The van der Waals surface area contributed by atoms with Crippen molar-refractivity contribution in [2.45, 2.75) is 16.6 Å². The number of oxime groups is 1. The van der Waals surface area contributed by atoms with Crippen molar-refractivity contribution in [3.8, 4) is 0 Å². The number of nitrogens with two attached hydrogens (primary N) is 1. The molecular formula is C20H17N9O8S3. The number of aromatic nitrogens is 5. The van der Waals surface area contributed by atoms with Gasteiger partial charge in [0.25, 0.3) is 17.4 Å². The molecule has 17 nitrogen and oxygen atoms in total. The summed E-state index contributed by atoms with van der Waals surface area (Å²) in [4.78, 5) is 75.3. The van der Waals surface area contributed by atoms with Crippen LogP contribution in [0, 0.1) is 0 Å². The number of aromatic carboxylic acids is 1. The molecule has 2 atom stereocenters. The number of thiazole rings is 1. The Morgan fingerprint density at radius 3 is 2.70 bits per heavy atom. The van der Waals surface area contributed by atoms with Crippen LogP contribution in [0.4, 0.5) is 5.13 Å². The summed E-state index contributed by atoms with van der Waals surface area (Å²) in [5, 5.41) is 32.9. The van der Waals surface area contributed by atoms with Crippen LogP contribution in [-0.4, -0.2) is 99.2 Å². The first-order valence-electron chi connectivity index (χ1n) is 11.0. The van der Waals surface area contributed by atoms with E-state index < -0.39 is 46.4 Å². The van der Waals surface area contributed by atoms with Crippen molar-refractivity contribution < 1.29 is 34.2 Å². The maximum absolute atomic E-state index is 13.0. The van der Waals surface area contributed by atoms with Crippen molar-refractivity contribution in [3.63, 3.8) is 0 Å². The lowest BCUT2D eigenvalue weighted by atomic mass is 10.0. The third kappa shape index (κ3) is 4.75. The fourth-order valence-corrected chi connectivity index (χ4v) is 6.92. The quantitative estimate of drug-likeness (QED) is 0.0850. The molecule has 0 aromatic carbocycles. The van der Waals surface area contributed by atoms with E-state index in [9.17, 15) is 29.1 Å². The van der Waals surface area contributed by atoms with Crippen molar-refractivity contribution in [1.29, 1.82) is 0 Å². The lowest BCUT2D eigenvalue weighted by Gasteiger charge is -2.49. The van der Waals surface area contributed by atoms with Gasteiger partial charge in [-0.05, 0) is 5.57 Å². The van der Waals surface area contributed by atoms with Crippen molar-refractivity contribution in [2.24, 2.45) is 5.16 Å². The highest BCUT2D eigenvalue weighted by atomic mass is 32.2. The zero-order chi connectivity index (χ0) is 28.7. The van der Waals surface area contributed by atoms with E-state index in [2.05, 4.69) is 30.6 Å². The summed E-state index contributed by atoms with van der Waals surface area (Å²) in [5.74, 6) is -3.94. The number of carboxylic acids is 2. The van der Waals surface area contributed by atoms with Gasteiger partial charge in [-0.3, -0.25) is 19.3 Å². The second-order valence-electron chi connectivity index (χ2n) is 8.05. The summed E-state index contributed by atoms with van der Waals surface area (Å²) in [6.45, 7) is 0. The molecule has 1 saturated heterocycles. The molecule has 0 aliphatic carbocycles. The molecule has 3 aromatic heterocycles. The molecule has 3 aromatic rings. The lowest BCUT2D eigenvalue weighted by molar-refractivity contribution is -0.150. The molecule has 1 fully saturated rings. The van der Waals surface area contributed by atoms with Gasteiger partial charge in [0.15, 0.2) is 21.7 Å². The molecule has 20 heteroatoms. The van der Waals surface area contributed by atoms with Crippen molar-refractivity contribution in [3.05, 3.63) is 44.5 Å².